The van der Waals surface area contributed by atoms with Gasteiger partial charge in [0.1, 0.15) is 16.5 Å². The number of hydrogen-bond acceptors (Lipinski definition) is 8. The van der Waals surface area contributed by atoms with Gasteiger partial charge >= 0.3 is 5.97 Å². The van der Waals surface area contributed by atoms with Gasteiger partial charge in [-0.25, -0.2) is 4.98 Å². The van der Waals surface area contributed by atoms with Crippen LogP contribution in [0.4, 0.5) is 0 Å². The molecule has 0 saturated heterocycles. The highest BCUT2D eigenvalue weighted by Crippen LogP contribution is 2.31. The molecule has 1 N–H and O–H groups in total. The van der Waals surface area contributed by atoms with Crippen molar-refractivity contribution in [3.63, 3.8) is 0 Å². The summed E-state index contributed by atoms with van der Waals surface area (Å²) in [4.78, 5) is 29.4. The van der Waals surface area contributed by atoms with Crippen molar-refractivity contribution in [3.8, 4) is 27.8 Å². The Morgan fingerprint density at radius 3 is 2.31 bits per heavy atom. The molecule has 1 heterocycles. The normalized spacial score (nSPS) is 11.4. The Hall–Kier alpha value is -3.59. The third kappa shape index (κ3) is 5.36. The number of amides is 1. The van der Waals surface area contributed by atoms with E-state index >= 15 is 0 Å². The number of benzene rings is 2. The highest BCUT2D eigenvalue weighted by atomic mass is 32.1. The van der Waals surface area contributed by atoms with Gasteiger partial charge in [-0.2, -0.15) is 0 Å². The molecule has 3 rings (SSSR count). The second-order valence-electron chi connectivity index (χ2n) is 6.69. The number of esters is 1. The number of nitrogens with one attached hydrogen (secondary N) is 1. The third-order valence-corrected chi connectivity index (χ3v) is 5.68. The molecular weight excluding hydrogens is 432 g/mol. The molecule has 1 atom stereocenters. The quantitative estimate of drug-likeness (QED) is 0.488. The SMILES string of the molecule is COC(=O)CC(NC(=O)c1csc(-c2ccc(OC)cc2)n1)c1ccc(OC)c(OC)c1. The van der Waals surface area contributed by atoms with Crippen molar-refractivity contribution in [3.05, 3.63) is 59.1 Å². The summed E-state index contributed by atoms with van der Waals surface area (Å²) in [6.45, 7) is 0. The Kier molecular flexibility index (Phi) is 7.67. The molecule has 168 valence electrons. The molecule has 8 nitrogen and oxygen atoms in total. The van der Waals surface area contributed by atoms with E-state index in [0.29, 0.717) is 22.1 Å². The largest absolute Gasteiger partial charge is 0.497 e. The van der Waals surface area contributed by atoms with Crippen LogP contribution in [0.15, 0.2) is 47.8 Å². The van der Waals surface area contributed by atoms with Gasteiger partial charge in [0, 0.05) is 10.9 Å². The number of aromatic nitrogens is 1. The number of methoxy groups -OCH3 is 4. The number of ether oxygens (including phenoxy) is 4. The Labute approximate surface area is 190 Å². The van der Waals surface area contributed by atoms with Crippen molar-refractivity contribution in [1.29, 1.82) is 0 Å². The highest BCUT2D eigenvalue weighted by Gasteiger charge is 2.22. The first-order valence-corrected chi connectivity index (χ1v) is 10.6. The van der Waals surface area contributed by atoms with Crippen molar-refractivity contribution >= 4 is 23.2 Å². The summed E-state index contributed by atoms with van der Waals surface area (Å²) in [5, 5.41) is 5.26. The first-order valence-electron chi connectivity index (χ1n) is 9.68. The van der Waals surface area contributed by atoms with E-state index < -0.39 is 17.9 Å². The van der Waals surface area contributed by atoms with E-state index in [-0.39, 0.29) is 12.1 Å². The fraction of sp³-hybridized carbons (Fsp3) is 0.261. The van der Waals surface area contributed by atoms with Crippen LogP contribution >= 0.6 is 11.3 Å². The van der Waals surface area contributed by atoms with Gasteiger partial charge in [-0.05, 0) is 42.0 Å². The molecule has 0 aliphatic heterocycles. The van der Waals surface area contributed by atoms with Crippen LogP contribution in [-0.2, 0) is 9.53 Å². The Morgan fingerprint density at radius 1 is 0.969 bits per heavy atom. The lowest BCUT2D eigenvalue weighted by atomic mass is 10.0. The summed E-state index contributed by atoms with van der Waals surface area (Å²) in [5.74, 6) is 0.920. The van der Waals surface area contributed by atoms with Crippen LogP contribution in [0.2, 0.25) is 0 Å². The van der Waals surface area contributed by atoms with E-state index in [1.807, 2.05) is 24.3 Å². The molecule has 1 aromatic heterocycles. The summed E-state index contributed by atoms with van der Waals surface area (Å²) in [7, 11) is 5.96. The molecule has 1 unspecified atom stereocenters. The zero-order chi connectivity index (χ0) is 23.1. The summed E-state index contributed by atoms with van der Waals surface area (Å²) < 4.78 is 20.6. The zero-order valence-electron chi connectivity index (χ0n) is 18.2. The lowest BCUT2D eigenvalue weighted by molar-refractivity contribution is -0.141. The van der Waals surface area contributed by atoms with Crippen LogP contribution in [0.25, 0.3) is 10.6 Å². The van der Waals surface area contributed by atoms with E-state index in [1.54, 1.807) is 30.7 Å². The molecule has 2 aromatic carbocycles. The minimum Gasteiger partial charge on any atom is -0.497 e. The van der Waals surface area contributed by atoms with Gasteiger partial charge in [-0.15, -0.1) is 11.3 Å². The molecular formula is C23H24N2O6S. The van der Waals surface area contributed by atoms with E-state index in [9.17, 15) is 9.59 Å². The molecule has 0 bridgehead atoms. The molecule has 9 heteroatoms. The van der Waals surface area contributed by atoms with E-state index in [0.717, 1.165) is 11.3 Å². The minimum absolute atomic E-state index is 0.0484. The Morgan fingerprint density at radius 2 is 1.69 bits per heavy atom. The summed E-state index contributed by atoms with van der Waals surface area (Å²) >= 11 is 1.36. The predicted molar refractivity (Wildman–Crippen MR) is 120 cm³/mol. The number of nitrogens with zero attached hydrogens (tertiary/aromatic N) is 1. The molecule has 0 saturated carbocycles. The second-order valence-corrected chi connectivity index (χ2v) is 7.55. The van der Waals surface area contributed by atoms with Crippen LogP contribution in [0, 0.1) is 0 Å². The van der Waals surface area contributed by atoms with Gasteiger partial charge in [0.2, 0.25) is 0 Å². The fourth-order valence-electron chi connectivity index (χ4n) is 3.05. The Bertz CT molecular complexity index is 1080. The fourth-order valence-corrected chi connectivity index (χ4v) is 3.85. The molecule has 3 aromatic rings. The molecule has 0 radical (unpaired) electrons. The van der Waals surface area contributed by atoms with Crippen LogP contribution < -0.4 is 19.5 Å². The molecule has 32 heavy (non-hydrogen) atoms. The van der Waals surface area contributed by atoms with Gasteiger partial charge in [0.15, 0.2) is 11.5 Å². The topological polar surface area (TPSA) is 96.0 Å². The smallest absolute Gasteiger partial charge is 0.307 e. The summed E-state index contributed by atoms with van der Waals surface area (Å²) in [5.41, 5.74) is 1.81. The maximum absolute atomic E-state index is 12.9. The van der Waals surface area contributed by atoms with Crippen molar-refractivity contribution in [2.45, 2.75) is 12.5 Å². The predicted octanol–water partition coefficient (Wildman–Crippen LogP) is 3.87. The number of rotatable bonds is 9. The van der Waals surface area contributed by atoms with Gasteiger partial charge < -0.3 is 24.3 Å². The van der Waals surface area contributed by atoms with Crippen LogP contribution in [0.3, 0.4) is 0 Å². The zero-order valence-corrected chi connectivity index (χ0v) is 19.0. The van der Waals surface area contributed by atoms with Gasteiger partial charge in [0.25, 0.3) is 5.91 Å². The number of hydrogen-bond donors (Lipinski definition) is 1. The van der Waals surface area contributed by atoms with E-state index in [2.05, 4.69) is 10.3 Å². The average Bonchev–Trinajstić information content (AvgIpc) is 3.33. The van der Waals surface area contributed by atoms with Gasteiger partial charge in [-0.1, -0.05) is 6.07 Å². The third-order valence-electron chi connectivity index (χ3n) is 4.79. The highest BCUT2D eigenvalue weighted by molar-refractivity contribution is 7.13. The van der Waals surface area contributed by atoms with Crippen molar-refractivity contribution in [2.24, 2.45) is 0 Å². The lowest BCUT2D eigenvalue weighted by Crippen LogP contribution is -2.30. The molecule has 0 fully saturated rings. The van der Waals surface area contributed by atoms with Crippen molar-refractivity contribution in [1.82, 2.24) is 10.3 Å². The number of carbonyl (C=O) groups is 2. The van der Waals surface area contributed by atoms with Crippen LogP contribution in [0.5, 0.6) is 17.2 Å². The Balaban J connectivity index is 1.82. The van der Waals surface area contributed by atoms with Crippen molar-refractivity contribution in [2.75, 3.05) is 28.4 Å². The molecule has 0 aliphatic rings. The van der Waals surface area contributed by atoms with E-state index in [4.69, 9.17) is 18.9 Å². The summed E-state index contributed by atoms with van der Waals surface area (Å²) in [6.07, 6.45) is -0.0484. The summed E-state index contributed by atoms with van der Waals surface area (Å²) in [6, 6.07) is 12.0. The van der Waals surface area contributed by atoms with E-state index in [1.165, 1.54) is 32.7 Å². The number of thiazole rings is 1. The molecule has 1 amide bonds. The monoisotopic (exact) mass is 456 g/mol. The average molecular weight is 457 g/mol. The lowest BCUT2D eigenvalue weighted by Gasteiger charge is -2.19. The standard InChI is InChI=1S/C23H24N2O6S/c1-28-16-8-5-14(6-9-16)23-25-18(13-32-23)22(27)24-17(12-21(26)31-4)15-7-10-19(29-2)20(11-15)30-3/h5-11,13,17H,12H2,1-4H3,(H,24,27). The van der Waals surface area contributed by atoms with Gasteiger partial charge in [-0.3, -0.25) is 9.59 Å². The second kappa shape index (κ2) is 10.6. The molecule has 0 aliphatic carbocycles. The molecule has 0 spiro atoms. The first kappa shape index (κ1) is 23.1. The minimum atomic E-state index is -0.638. The van der Waals surface area contributed by atoms with Crippen LogP contribution in [-0.4, -0.2) is 45.3 Å². The number of carbonyl (C=O) groups excluding carboxylic acids is 2. The van der Waals surface area contributed by atoms with Crippen LogP contribution in [0.1, 0.15) is 28.5 Å². The van der Waals surface area contributed by atoms with Crippen molar-refractivity contribution < 1.29 is 28.5 Å². The maximum atomic E-state index is 12.9. The maximum Gasteiger partial charge on any atom is 0.307 e. The van der Waals surface area contributed by atoms with Gasteiger partial charge in [0.05, 0.1) is 40.9 Å². The first-order chi connectivity index (χ1) is 15.5.